The van der Waals surface area contributed by atoms with Crippen LogP contribution in [0.2, 0.25) is 0 Å². The van der Waals surface area contributed by atoms with Crippen LogP contribution in [0.15, 0.2) is 30.3 Å². The summed E-state index contributed by atoms with van der Waals surface area (Å²) < 4.78 is 5.16. The molecule has 1 aromatic carbocycles. The predicted octanol–water partition coefficient (Wildman–Crippen LogP) is 2.14. The summed E-state index contributed by atoms with van der Waals surface area (Å²) >= 11 is 0. The Labute approximate surface area is 89.3 Å². The van der Waals surface area contributed by atoms with Crippen LogP contribution < -0.4 is 0 Å². The second kappa shape index (κ2) is 3.78. The summed E-state index contributed by atoms with van der Waals surface area (Å²) in [4.78, 5) is 11.6. The van der Waals surface area contributed by atoms with E-state index in [1.54, 1.807) is 0 Å². The van der Waals surface area contributed by atoms with E-state index in [9.17, 15) is 4.79 Å². The molecule has 0 aliphatic heterocycles. The Morgan fingerprint density at radius 1 is 1.40 bits per heavy atom. The summed E-state index contributed by atoms with van der Waals surface area (Å²) in [7, 11) is 0. The van der Waals surface area contributed by atoms with Gasteiger partial charge in [0, 0.05) is 0 Å². The molecule has 0 radical (unpaired) electrons. The Balaban J connectivity index is 1.90. The molecule has 0 aromatic heterocycles. The van der Waals surface area contributed by atoms with Crippen molar-refractivity contribution in [3.05, 3.63) is 35.9 Å². The smallest absolute Gasteiger partial charge is 0.324 e. The van der Waals surface area contributed by atoms with Crippen LogP contribution in [0.5, 0.6) is 0 Å². The molecule has 0 saturated heterocycles. The fraction of sp³-hybridized carbons (Fsp3) is 0.308. The Morgan fingerprint density at radius 3 is 2.60 bits per heavy atom. The second-order valence-corrected chi connectivity index (χ2v) is 3.79. The molecule has 0 unspecified atom stereocenters. The first-order valence-electron chi connectivity index (χ1n) is 4.96. The number of benzene rings is 1. The van der Waals surface area contributed by atoms with Gasteiger partial charge in [0.25, 0.3) is 0 Å². The van der Waals surface area contributed by atoms with Crippen molar-refractivity contribution in [3.63, 3.8) is 0 Å². The first kappa shape index (κ1) is 9.79. The van der Waals surface area contributed by atoms with Gasteiger partial charge in [-0.15, -0.1) is 6.42 Å². The van der Waals surface area contributed by atoms with Crippen LogP contribution in [-0.4, -0.2) is 5.97 Å². The summed E-state index contributed by atoms with van der Waals surface area (Å²) in [6, 6.07) is 9.59. The van der Waals surface area contributed by atoms with Gasteiger partial charge in [0.2, 0.25) is 0 Å². The summed E-state index contributed by atoms with van der Waals surface area (Å²) in [5.41, 5.74) is 0.382. The lowest BCUT2D eigenvalue weighted by Crippen LogP contribution is -2.16. The monoisotopic (exact) mass is 200 g/mol. The molecule has 1 fully saturated rings. The molecular formula is C13H12O2. The maximum Gasteiger partial charge on any atom is 0.324 e. The lowest BCUT2D eigenvalue weighted by molar-refractivity contribution is -0.149. The van der Waals surface area contributed by atoms with Crippen molar-refractivity contribution in [2.75, 3.05) is 0 Å². The number of rotatable bonds is 3. The third-order valence-electron chi connectivity index (χ3n) is 2.63. The normalized spacial score (nSPS) is 16.5. The van der Waals surface area contributed by atoms with Crippen molar-refractivity contribution in [2.45, 2.75) is 19.4 Å². The average Bonchev–Trinajstić information content (AvgIpc) is 3.08. The van der Waals surface area contributed by atoms with Crippen molar-refractivity contribution in [2.24, 2.45) is 5.41 Å². The molecule has 2 nitrogen and oxygen atoms in total. The number of hydrogen-bond acceptors (Lipinski definition) is 2. The SMILES string of the molecule is C#CC1(C(=O)OCc2ccccc2)CC1. The van der Waals surface area contributed by atoms with E-state index in [1.165, 1.54) is 0 Å². The number of carbonyl (C=O) groups is 1. The van der Waals surface area contributed by atoms with Crippen LogP contribution in [0.1, 0.15) is 18.4 Å². The quantitative estimate of drug-likeness (QED) is 0.552. The largest absolute Gasteiger partial charge is 0.460 e. The Kier molecular flexibility index (Phi) is 2.47. The third kappa shape index (κ3) is 2.02. The average molecular weight is 200 g/mol. The van der Waals surface area contributed by atoms with E-state index in [-0.39, 0.29) is 5.97 Å². The summed E-state index contributed by atoms with van der Waals surface area (Å²) in [6.45, 7) is 0.309. The topological polar surface area (TPSA) is 26.3 Å². The molecule has 2 rings (SSSR count). The number of terminal acetylenes is 1. The van der Waals surface area contributed by atoms with Gasteiger partial charge in [0.15, 0.2) is 0 Å². The molecule has 15 heavy (non-hydrogen) atoms. The molecule has 0 amide bonds. The maximum atomic E-state index is 11.6. The molecule has 0 heterocycles. The van der Waals surface area contributed by atoms with Gasteiger partial charge >= 0.3 is 5.97 Å². The molecule has 0 atom stereocenters. The first-order chi connectivity index (χ1) is 7.27. The van der Waals surface area contributed by atoms with Crippen LogP contribution in [0.4, 0.5) is 0 Å². The van der Waals surface area contributed by atoms with Gasteiger partial charge in [-0.3, -0.25) is 4.79 Å². The van der Waals surface area contributed by atoms with Gasteiger partial charge in [-0.25, -0.2) is 0 Å². The zero-order valence-electron chi connectivity index (χ0n) is 8.40. The standard InChI is InChI=1S/C13H12O2/c1-2-13(8-9-13)12(14)15-10-11-6-4-3-5-7-11/h1,3-7H,8-10H2. The Hall–Kier alpha value is -1.75. The zero-order chi connectivity index (χ0) is 10.7. The van der Waals surface area contributed by atoms with Gasteiger partial charge in [-0.1, -0.05) is 36.3 Å². The highest BCUT2D eigenvalue weighted by atomic mass is 16.5. The molecule has 1 saturated carbocycles. The lowest BCUT2D eigenvalue weighted by atomic mass is 10.1. The van der Waals surface area contributed by atoms with Gasteiger partial charge < -0.3 is 4.74 Å². The lowest BCUT2D eigenvalue weighted by Gasteiger charge is -2.08. The van der Waals surface area contributed by atoms with E-state index in [4.69, 9.17) is 11.2 Å². The van der Waals surface area contributed by atoms with E-state index in [0.29, 0.717) is 6.61 Å². The Morgan fingerprint density at radius 2 is 2.07 bits per heavy atom. The van der Waals surface area contributed by atoms with Gasteiger partial charge in [-0.05, 0) is 18.4 Å². The molecule has 1 aliphatic carbocycles. The van der Waals surface area contributed by atoms with Crippen LogP contribution in [-0.2, 0) is 16.1 Å². The minimum Gasteiger partial charge on any atom is -0.460 e. The highest BCUT2D eigenvalue weighted by Gasteiger charge is 2.50. The van der Waals surface area contributed by atoms with E-state index in [0.717, 1.165) is 18.4 Å². The molecule has 1 aromatic rings. The predicted molar refractivity (Wildman–Crippen MR) is 56.7 cm³/mol. The van der Waals surface area contributed by atoms with E-state index >= 15 is 0 Å². The fourth-order valence-electron chi connectivity index (χ4n) is 1.39. The molecule has 0 bridgehead atoms. The number of hydrogen-bond donors (Lipinski definition) is 0. The van der Waals surface area contributed by atoms with Crippen LogP contribution >= 0.6 is 0 Å². The molecule has 0 spiro atoms. The van der Waals surface area contributed by atoms with Crippen molar-refractivity contribution in [3.8, 4) is 12.3 Å². The van der Waals surface area contributed by atoms with Gasteiger partial charge in [-0.2, -0.15) is 0 Å². The zero-order valence-corrected chi connectivity index (χ0v) is 8.40. The van der Waals surface area contributed by atoms with Crippen molar-refractivity contribution in [1.82, 2.24) is 0 Å². The summed E-state index contributed by atoms with van der Waals surface area (Å²) in [5, 5.41) is 0. The van der Waals surface area contributed by atoms with Crippen LogP contribution in [0.25, 0.3) is 0 Å². The summed E-state index contributed by atoms with van der Waals surface area (Å²) in [5.74, 6) is 2.26. The van der Waals surface area contributed by atoms with Crippen molar-refractivity contribution >= 4 is 5.97 Å². The number of carbonyl (C=O) groups excluding carboxylic acids is 1. The van der Waals surface area contributed by atoms with Gasteiger partial charge in [0.1, 0.15) is 12.0 Å². The minimum absolute atomic E-state index is 0.256. The minimum atomic E-state index is -0.602. The van der Waals surface area contributed by atoms with E-state index in [1.807, 2.05) is 30.3 Å². The molecule has 76 valence electrons. The van der Waals surface area contributed by atoms with Crippen molar-refractivity contribution < 1.29 is 9.53 Å². The van der Waals surface area contributed by atoms with Gasteiger partial charge in [0.05, 0.1) is 0 Å². The van der Waals surface area contributed by atoms with Crippen LogP contribution in [0.3, 0.4) is 0 Å². The maximum absolute atomic E-state index is 11.6. The fourth-order valence-corrected chi connectivity index (χ4v) is 1.39. The third-order valence-corrected chi connectivity index (χ3v) is 2.63. The second-order valence-electron chi connectivity index (χ2n) is 3.79. The molecule has 0 N–H and O–H groups in total. The molecule has 2 heteroatoms. The highest BCUT2D eigenvalue weighted by molar-refractivity contribution is 5.83. The number of ether oxygens (including phenoxy) is 1. The van der Waals surface area contributed by atoms with E-state index < -0.39 is 5.41 Å². The molecule has 1 aliphatic rings. The number of esters is 1. The highest BCUT2D eigenvalue weighted by Crippen LogP contribution is 2.46. The summed E-state index contributed by atoms with van der Waals surface area (Å²) in [6.07, 6.45) is 6.81. The van der Waals surface area contributed by atoms with Crippen LogP contribution in [0, 0.1) is 17.8 Å². The molecular weight excluding hydrogens is 188 g/mol. The Bertz CT molecular complexity index is 396. The van der Waals surface area contributed by atoms with Crippen molar-refractivity contribution in [1.29, 1.82) is 0 Å². The van der Waals surface area contributed by atoms with E-state index in [2.05, 4.69) is 5.92 Å². The first-order valence-corrected chi connectivity index (χ1v) is 4.96.